The highest BCUT2D eigenvalue weighted by Crippen LogP contribution is 2.30. The van der Waals surface area contributed by atoms with Gasteiger partial charge in [0.1, 0.15) is 18.2 Å². The van der Waals surface area contributed by atoms with E-state index in [0.717, 1.165) is 26.1 Å². The summed E-state index contributed by atoms with van der Waals surface area (Å²) in [7, 11) is 1.66. The third-order valence-electron chi connectivity index (χ3n) is 4.54. The van der Waals surface area contributed by atoms with E-state index in [9.17, 15) is 9.50 Å². The Balaban J connectivity index is 1.73. The lowest BCUT2D eigenvalue weighted by Crippen LogP contribution is -2.52. The molecule has 1 aromatic rings. The molecule has 22 heavy (non-hydrogen) atoms. The Bertz CT molecular complexity index is 454. The average Bonchev–Trinajstić information content (AvgIpc) is 2.51. The third-order valence-corrected chi connectivity index (χ3v) is 4.54. The first kappa shape index (κ1) is 17.2. The molecule has 0 spiro atoms. The number of ether oxygens (including phenoxy) is 2. The van der Waals surface area contributed by atoms with Gasteiger partial charge >= 0.3 is 0 Å². The van der Waals surface area contributed by atoms with Gasteiger partial charge in [-0.05, 0) is 43.0 Å². The van der Waals surface area contributed by atoms with Crippen LogP contribution in [0.15, 0.2) is 24.3 Å². The molecule has 0 saturated carbocycles. The van der Waals surface area contributed by atoms with Crippen molar-refractivity contribution < 1.29 is 19.0 Å². The highest BCUT2D eigenvalue weighted by Gasteiger charge is 2.38. The number of likely N-dealkylation sites (tertiary alicyclic amines) is 1. The minimum atomic E-state index is -0.621. The van der Waals surface area contributed by atoms with E-state index in [1.165, 1.54) is 12.1 Å². The van der Waals surface area contributed by atoms with Crippen molar-refractivity contribution >= 4 is 0 Å². The minimum Gasteiger partial charge on any atom is -0.492 e. The number of piperidine rings is 1. The van der Waals surface area contributed by atoms with Crippen molar-refractivity contribution in [2.45, 2.75) is 25.4 Å². The number of aliphatic hydroxyl groups is 1. The van der Waals surface area contributed by atoms with Crippen molar-refractivity contribution in [2.75, 3.05) is 40.0 Å². The van der Waals surface area contributed by atoms with E-state index in [2.05, 4.69) is 11.8 Å². The standard InChI is InChI=1S/C17H26FNO3/c1-14-13-19(9-7-17(14,20)8-11-21-2)10-12-22-16-5-3-15(18)4-6-16/h3-6,14,20H,7-13H2,1-2H3/t14-,17-/m0/s1. The SMILES string of the molecule is COCC[C@@]1(O)CCN(CCOc2ccc(F)cc2)C[C@@H]1C. The molecule has 1 heterocycles. The van der Waals surface area contributed by atoms with Crippen molar-refractivity contribution in [2.24, 2.45) is 5.92 Å². The van der Waals surface area contributed by atoms with Crippen molar-refractivity contribution in [3.63, 3.8) is 0 Å². The van der Waals surface area contributed by atoms with E-state index >= 15 is 0 Å². The Kier molecular flexibility index (Phi) is 6.17. The molecule has 124 valence electrons. The molecular formula is C17H26FNO3. The average molecular weight is 311 g/mol. The first-order valence-corrected chi connectivity index (χ1v) is 7.85. The summed E-state index contributed by atoms with van der Waals surface area (Å²) < 4.78 is 23.5. The maximum absolute atomic E-state index is 12.8. The highest BCUT2D eigenvalue weighted by atomic mass is 19.1. The Morgan fingerprint density at radius 1 is 1.32 bits per heavy atom. The molecule has 1 fully saturated rings. The van der Waals surface area contributed by atoms with Gasteiger partial charge in [0.25, 0.3) is 0 Å². The van der Waals surface area contributed by atoms with Crippen LogP contribution in [0.5, 0.6) is 5.75 Å². The monoisotopic (exact) mass is 311 g/mol. The van der Waals surface area contributed by atoms with Crippen LogP contribution in [0, 0.1) is 11.7 Å². The number of benzene rings is 1. The van der Waals surface area contributed by atoms with Gasteiger partial charge in [0.2, 0.25) is 0 Å². The van der Waals surface area contributed by atoms with Crippen molar-refractivity contribution in [3.8, 4) is 5.75 Å². The quantitative estimate of drug-likeness (QED) is 0.839. The fourth-order valence-corrected chi connectivity index (χ4v) is 2.92. The summed E-state index contributed by atoms with van der Waals surface area (Å²) >= 11 is 0. The summed E-state index contributed by atoms with van der Waals surface area (Å²) in [6.07, 6.45) is 1.44. The molecule has 4 nitrogen and oxygen atoms in total. The zero-order chi connectivity index (χ0) is 16.0. The molecule has 1 saturated heterocycles. The molecule has 0 aromatic heterocycles. The van der Waals surface area contributed by atoms with Crippen LogP contribution >= 0.6 is 0 Å². The summed E-state index contributed by atoms with van der Waals surface area (Å²) in [6, 6.07) is 6.07. The van der Waals surface area contributed by atoms with Gasteiger partial charge in [-0.1, -0.05) is 6.92 Å². The second-order valence-corrected chi connectivity index (χ2v) is 6.10. The third kappa shape index (κ3) is 4.66. The Hall–Kier alpha value is -1.17. The Morgan fingerprint density at radius 3 is 2.68 bits per heavy atom. The van der Waals surface area contributed by atoms with Gasteiger partial charge in [0, 0.05) is 33.4 Å². The number of rotatable bonds is 7. The highest BCUT2D eigenvalue weighted by molar-refractivity contribution is 5.21. The van der Waals surface area contributed by atoms with Crippen LogP contribution in [-0.4, -0.2) is 55.6 Å². The van der Waals surface area contributed by atoms with Crippen molar-refractivity contribution in [1.29, 1.82) is 0 Å². The number of methoxy groups -OCH3 is 1. The molecule has 2 rings (SSSR count). The molecule has 1 aliphatic rings. The van der Waals surface area contributed by atoms with Crippen LogP contribution in [0.1, 0.15) is 19.8 Å². The van der Waals surface area contributed by atoms with E-state index in [4.69, 9.17) is 9.47 Å². The maximum atomic E-state index is 12.8. The summed E-state index contributed by atoms with van der Waals surface area (Å²) in [4.78, 5) is 2.30. The van der Waals surface area contributed by atoms with Crippen LogP contribution < -0.4 is 4.74 Å². The second kappa shape index (κ2) is 7.90. The minimum absolute atomic E-state index is 0.210. The predicted molar refractivity (Wildman–Crippen MR) is 83.6 cm³/mol. The van der Waals surface area contributed by atoms with Crippen LogP contribution in [0.2, 0.25) is 0 Å². The largest absolute Gasteiger partial charge is 0.492 e. The summed E-state index contributed by atoms with van der Waals surface area (Å²) in [5, 5.41) is 10.6. The molecule has 0 amide bonds. The van der Waals surface area contributed by atoms with Gasteiger partial charge in [-0.15, -0.1) is 0 Å². The van der Waals surface area contributed by atoms with E-state index < -0.39 is 5.60 Å². The molecular weight excluding hydrogens is 285 g/mol. The lowest BCUT2D eigenvalue weighted by atomic mass is 9.80. The first-order chi connectivity index (χ1) is 10.5. The van der Waals surface area contributed by atoms with Crippen LogP contribution in [0.3, 0.4) is 0 Å². The maximum Gasteiger partial charge on any atom is 0.123 e. The van der Waals surface area contributed by atoms with Gasteiger partial charge in [0.05, 0.1) is 5.60 Å². The zero-order valence-electron chi connectivity index (χ0n) is 13.4. The second-order valence-electron chi connectivity index (χ2n) is 6.10. The molecule has 5 heteroatoms. The number of halogens is 1. The lowest BCUT2D eigenvalue weighted by Gasteiger charge is -2.43. The molecule has 2 atom stereocenters. The zero-order valence-corrected chi connectivity index (χ0v) is 13.4. The number of nitrogens with zero attached hydrogens (tertiary/aromatic N) is 1. The van der Waals surface area contributed by atoms with E-state index in [1.54, 1.807) is 19.2 Å². The molecule has 1 aliphatic heterocycles. The Labute approximate surface area is 131 Å². The lowest BCUT2D eigenvalue weighted by molar-refractivity contribution is -0.0823. The molecule has 0 aliphatic carbocycles. The molecule has 1 aromatic carbocycles. The topological polar surface area (TPSA) is 41.9 Å². The van der Waals surface area contributed by atoms with Crippen LogP contribution in [-0.2, 0) is 4.74 Å². The summed E-state index contributed by atoms with van der Waals surface area (Å²) in [5.41, 5.74) is -0.621. The summed E-state index contributed by atoms with van der Waals surface area (Å²) in [5.74, 6) is 0.637. The number of hydrogen-bond donors (Lipinski definition) is 1. The van der Waals surface area contributed by atoms with Gasteiger partial charge < -0.3 is 14.6 Å². The van der Waals surface area contributed by atoms with Gasteiger partial charge in [-0.25, -0.2) is 4.39 Å². The van der Waals surface area contributed by atoms with Crippen LogP contribution in [0.25, 0.3) is 0 Å². The molecule has 0 bridgehead atoms. The fraction of sp³-hybridized carbons (Fsp3) is 0.647. The smallest absolute Gasteiger partial charge is 0.123 e. The fourth-order valence-electron chi connectivity index (χ4n) is 2.92. The molecule has 0 unspecified atom stereocenters. The van der Waals surface area contributed by atoms with Gasteiger partial charge in [-0.2, -0.15) is 0 Å². The van der Waals surface area contributed by atoms with E-state index in [1.807, 2.05) is 0 Å². The van der Waals surface area contributed by atoms with E-state index in [-0.39, 0.29) is 11.7 Å². The molecule has 1 N–H and O–H groups in total. The summed E-state index contributed by atoms with van der Waals surface area (Å²) in [6.45, 7) is 5.76. The number of hydrogen-bond acceptors (Lipinski definition) is 4. The Morgan fingerprint density at radius 2 is 2.05 bits per heavy atom. The van der Waals surface area contributed by atoms with E-state index in [0.29, 0.717) is 25.4 Å². The molecule has 0 radical (unpaired) electrons. The first-order valence-electron chi connectivity index (χ1n) is 7.85. The van der Waals surface area contributed by atoms with Crippen molar-refractivity contribution in [3.05, 3.63) is 30.1 Å². The van der Waals surface area contributed by atoms with Gasteiger partial charge in [0.15, 0.2) is 0 Å². The predicted octanol–water partition coefficient (Wildman–Crippen LogP) is 2.31. The van der Waals surface area contributed by atoms with Gasteiger partial charge in [-0.3, -0.25) is 4.90 Å². The van der Waals surface area contributed by atoms with Crippen LogP contribution in [0.4, 0.5) is 4.39 Å². The van der Waals surface area contributed by atoms with Crippen molar-refractivity contribution in [1.82, 2.24) is 4.90 Å². The normalized spacial score (nSPS) is 26.1.